The number of carbonyl (C=O) groups is 2. The van der Waals surface area contributed by atoms with Crippen LogP contribution in [0.2, 0.25) is 0 Å². The summed E-state index contributed by atoms with van der Waals surface area (Å²) in [5.74, 6) is -0.347. The fourth-order valence-electron chi connectivity index (χ4n) is 3.37. The Balaban J connectivity index is 1.47. The average molecular weight is 393 g/mol. The van der Waals surface area contributed by atoms with E-state index >= 15 is 0 Å². The number of urea groups is 1. The number of aromatic nitrogens is 1. The number of rotatable bonds is 1. The van der Waals surface area contributed by atoms with Gasteiger partial charge in [0.05, 0.1) is 11.9 Å². The summed E-state index contributed by atoms with van der Waals surface area (Å²) >= 11 is 0. The molecule has 2 aliphatic rings. The molecule has 8 nitrogen and oxygen atoms in total. The van der Waals surface area contributed by atoms with Crippen LogP contribution in [0.5, 0.6) is 0 Å². The second-order valence-corrected chi connectivity index (χ2v) is 8.04. The summed E-state index contributed by atoms with van der Waals surface area (Å²) in [4.78, 5) is 35.8. The molecule has 3 amide bonds. The molecule has 2 saturated heterocycles. The Labute approximate surface area is 164 Å². The standard InChI is InChI=1S/C19H28FN5O3/c1-19(2,3)28-18(27)25-12-10-24(11-13-25)17(26)23-8-6-22(7-9-23)16-4-5-21-14-15(16)20/h4-5,14H,6-13H2,1-3H3. The van der Waals surface area contributed by atoms with E-state index in [0.29, 0.717) is 58.0 Å². The van der Waals surface area contributed by atoms with E-state index < -0.39 is 5.60 Å². The average Bonchev–Trinajstić information content (AvgIpc) is 2.67. The number of amides is 3. The maximum absolute atomic E-state index is 13.9. The minimum atomic E-state index is -0.530. The minimum absolute atomic E-state index is 0.0290. The molecule has 2 fully saturated rings. The summed E-state index contributed by atoms with van der Waals surface area (Å²) in [5.41, 5.74) is -0.00839. The van der Waals surface area contributed by atoms with Crippen LogP contribution in [0.3, 0.4) is 0 Å². The Morgan fingerprint density at radius 1 is 0.964 bits per heavy atom. The zero-order valence-electron chi connectivity index (χ0n) is 16.7. The highest BCUT2D eigenvalue weighted by Gasteiger charge is 2.31. The summed E-state index contributed by atoms with van der Waals surface area (Å²) in [6.45, 7) is 9.61. The van der Waals surface area contributed by atoms with Gasteiger partial charge in [-0.3, -0.25) is 4.98 Å². The SMILES string of the molecule is CC(C)(C)OC(=O)N1CCN(C(=O)N2CCN(c3ccncc3F)CC2)CC1. The lowest BCUT2D eigenvalue weighted by atomic mass is 10.2. The van der Waals surface area contributed by atoms with Crippen molar-refractivity contribution in [2.75, 3.05) is 57.3 Å². The zero-order valence-corrected chi connectivity index (χ0v) is 16.7. The van der Waals surface area contributed by atoms with Gasteiger partial charge in [0.15, 0.2) is 5.82 Å². The van der Waals surface area contributed by atoms with E-state index in [2.05, 4.69) is 4.98 Å². The van der Waals surface area contributed by atoms with Gasteiger partial charge < -0.3 is 24.3 Å². The lowest BCUT2D eigenvalue weighted by Crippen LogP contribution is -2.57. The molecule has 0 radical (unpaired) electrons. The number of piperazine rings is 2. The van der Waals surface area contributed by atoms with Crippen molar-refractivity contribution in [3.63, 3.8) is 0 Å². The van der Waals surface area contributed by atoms with Crippen molar-refractivity contribution in [1.82, 2.24) is 19.7 Å². The van der Waals surface area contributed by atoms with E-state index in [4.69, 9.17) is 4.74 Å². The van der Waals surface area contributed by atoms with Crippen LogP contribution in [0.1, 0.15) is 20.8 Å². The van der Waals surface area contributed by atoms with Gasteiger partial charge in [0.25, 0.3) is 0 Å². The number of pyridine rings is 1. The van der Waals surface area contributed by atoms with Crippen molar-refractivity contribution in [3.8, 4) is 0 Å². The topological polar surface area (TPSA) is 69.2 Å². The quantitative estimate of drug-likeness (QED) is 0.730. The molecule has 1 aromatic heterocycles. The first-order valence-electron chi connectivity index (χ1n) is 9.61. The molecule has 0 aromatic carbocycles. The van der Waals surface area contributed by atoms with Crippen LogP contribution >= 0.6 is 0 Å². The largest absolute Gasteiger partial charge is 0.444 e. The molecule has 0 bridgehead atoms. The van der Waals surface area contributed by atoms with E-state index in [1.54, 1.807) is 27.0 Å². The summed E-state index contributed by atoms with van der Waals surface area (Å²) in [5, 5.41) is 0. The summed E-state index contributed by atoms with van der Waals surface area (Å²) in [6, 6.07) is 1.63. The van der Waals surface area contributed by atoms with Gasteiger partial charge in [-0.25, -0.2) is 14.0 Å². The monoisotopic (exact) mass is 393 g/mol. The number of halogens is 1. The smallest absolute Gasteiger partial charge is 0.410 e. The Kier molecular flexibility index (Phi) is 5.90. The zero-order chi connectivity index (χ0) is 20.3. The highest BCUT2D eigenvalue weighted by molar-refractivity contribution is 5.75. The van der Waals surface area contributed by atoms with E-state index in [-0.39, 0.29) is 17.9 Å². The third kappa shape index (κ3) is 4.82. The molecule has 1 aromatic rings. The molecule has 0 N–H and O–H groups in total. The van der Waals surface area contributed by atoms with Crippen LogP contribution < -0.4 is 4.90 Å². The molecule has 154 valence electrons. The first-order valence-corrected chi connectivity index (χ1v) is 9.61. The fourth-order valence-corrected chi connectivity index (χ4v) is 3.37. The Morgan fingerprint density at radius 3 is 2.04 bits per heavy atom. The Morgan fingerprint density at radius 2 is 1.50 bits per heavy atom. The molecular formula is C19H28FN5O3. The molecule has 0 saturated carbocycles. The number of hydrogen-bond donors (Lipinski definition) is 0. The van der Waals surface area contributed by atoms with Crippen LogP contribution in [0.25, 0.3) is 0 Å². The minimum Gasteiger partial charge on any atom is -0.444 e. The molecule has 9 heteroatoms. The molecule has 0 spiro atoms. The number of nitrogens with zero attached hydrogens (tertiary/aromatic N) is 5. The predicted octanol–water partition coefficient (Wildman–Crippen LogP) is 2.02. The van der Waals surface area contributed by atoms with Crippen LogP contribution in [0.15, 0.2) is 18.5 Å². The van der Waals surface area contributed by atoms with Crippen molar-refractivity contribution >= 4 is 17.8 Å². The van der Waals surface area contributed by atoms with Crippen molar-refractivity contribution in [2.24, 2.45) is 0 Å². The van der Waals surface area contributed by atoms with Crippen molar-refractivity contribution in [3.05, 3.63) is 24.3 Å². The third-order valence-corrected chi connectivity index (χ3v) is 4.84. The molecule has 28 heavy (non-hydrogen) atoms. The second-order valence-electron chi connectivity index (χ2n) is 8.04. The third-order valence-electron chi connectivity index (χ3n) is 4.84. The highest BCUT2D eigenvalue weighted by atomic mass is 19.1. The van der Waals surface area contributed by atoms with Crippen LogP contribution in [-0.4, -0.2) is 89.8 Å². The first kappa shape index (κ1) is 20.2. The van der Waals surface area contributed by atoms with Gasteiger partial charge in [0, 0.05) is 58.6 Å². The van der Waals surface area contributed by atoms with Crippen LogP contribution in [0, 0.1) is 5.82 Å². The molecule has 0 unspecified atom stereocenters. The predicted molar refractivity (Wildman–Crippen MR) is 103 cm³/mol. The van der Waals surface area contributed by atoms with Crippen LogP contribution in [-0.2, 0) is 4.74 Å². The van der Waals surface area contributed by atoms with Gasteiger partial charge in [-0.05, 0) is 26.8 Å². The summed E-state index contributed by atoms with van der Waals surface area (Å²) in [7, 11) is 0. The molecule has 3 rings (SSSR count). The van der Waals surface area contributed by atoms with E-state index in [0.717, 1.165) is 0 Å². The van der Waals surface area contributed by atoms with Crippen molar-refractivity contribution in [2.45, 2.75) is 26.4 Å². The van der Waals surface area contributed by atoms with E-state index in [1.165, 1.54) is 6.20 Å². The summed E-state index contributed by atoms with van der Waals surface area (Å²) < 4.78 is 19.3. The first-order chi connectivity index (χ1) is 13.2. The Hall–Kier alpha value is -2.58. The van der Waals surface area contributed by atoms with Gasteiger partial charge in [0.1, 0.15) is 5.60 Å². The lowest BCUT2D eigenvalue weighted by molar-refractivity contribution is 0.0157. The van der Waals surface area contributed by atoms with E-state index in [1.807, 2.05) is 25.7 Å². The maximum atomic E-state index is 13.9. The van der Waals surface area contributed by atoms with E-state index in [9.17, 15) is 14.0 Å². The normalized spacial score (nSPS) is 18.3. The van der Waals surface area contributed by atoms with Crippen molar-refractivity contribution < 1.29 is 18.7 Å². The maximum Gasteiger partial charge on any atom is 0.410 e. The fraction of sp³-hybridized carbons (Fsp3) is 0.632. The molecule has 2 aliphatic heterocycles. The van der Waals surface area contributed by atoms with Gasteiger partial charge in [-0.15, -0.1) is 0 Å². The van der Waals surface area contributed by atoms with Gasteiger partial charge >= 0.3 is 12.1 Å². The number of carbonyl (C=O) groups excluding carboxylic acids is 2. The second kappa shape index (κ2) is 8.20. The molecular weight excluding hydrogens is 365 g/mol. The number of anilines is 1. The highest BCUT2D eigenvalue weighted by Crippen LogP contribution is 2.20. The molecule has 0 aliphatic carbocycles. The van der Waals surface area contributed by atoms with Gasteiger partial charge in [-0.1, -0.05) is 0 Å². The molecule has 0 atom stereocenters. The van der Waals surface area contributed by atoms with Gasteiger partial charge in [-0.2, -0.15) is 0 Å². The van der Waals surface area contributed by atoms with Gasteiger partial charge in [0.2, 0.25) is 0 Å². The van der Waals surface area contributed by atoms with Crippen molar-refractivity contribution in [1.29, 1.82) is 0 Å². The Bertz CT molecular complexity index is 708. The van der Waals surface area contributed by atoms with Crippen LogP contribution in [0.4, 0.5) is 19.7 Å². The number of ether oxygens (including phenoxy) is 1. The summed E-state index contributed by atoms with van der Waals surface area (Å²) in [6.07, 6.45) is 2.43. The number of hydrogen-bond acceptors (Lipinski definition) is 5. The lowest BCUT2D eigenvalue weighted by Gasteiger charge is -2.41. The molecule has 3 heterocycles.